The predicted molar refractivity (Wildman–Crippen MR) is 85.7 cm³/mol. The number of hydrogen-bond donors (Lipinski definition) is 1. The van der Waals surface area contributed by atoms with Gasteiger partial charge in [-0.2, -0.15) is 0 Å². The van der Waals surface area contributed by atoms with Gasteiger partial charge in [0.25, 0.3) is 5.91 Å². The van der Waals surface area contributed by atoms with E-state index < -0.39 is 6.04 Å². The van der Waals surface area contributed by atoms with Crippen LogP contribution in [0.1, 0.15) is 17.3 Å². The van der Waals surface area contributed by atoms with Crippen molar-refractivity contribution in [3.05, 3.63) is 23.8 Å². The molecule has 1 atom stereocenters. The number of ether oxygens (including phenoxy) is 2. The van der Waals surface area contributed by atoms with E-state index in [1.54, 1.807) is 34.9 Å². The fourth-order valence-electron chi connectivity index (χ4n) is 2.64. The first-order chi connectivity index (χ1) is 11.0. The van der Waals surface area contributed by atoms with Gasteiger partial charge in [0.1, 0.15) is 0 Å². The third-order valence-electron chi connectivity index (χ3n) is 3.90. The fraction of sp³-hybridized carbons (Fsp3) is 0.500. The maximum atomic E-state index is 12.7. The molecule has 2 rings (SSSR count). The first kappa shape index (κ1) is 17.1. The Morgan fingerprint density at radius 3 is 2.22 bits per heavy atom. The van der Waals surface area contributed by atoms with E-state index in [2.05, 4.69) is 0 Å². The molecule has 0 aromatic heterocycles. The van der Waals surface area contributed by atoms with Gasteiger partial charge in [-0.25, -0.2) is 0 Å². The third kappa shape index (κ3) is 3.56. The molecule has 0 spiro atoms. The minimum Gasteiger partial charge on any atom is -0.493 e. The lowest BCUT2D eigenvalue weighted by Crippen LogP contribution is -2.53. The molecule has 0 radical (unpaired) electrons. The zero-order valence-electron chi connectivity index (χ0n) is 13.7. The highest BCUT2D eigenvalue weighted by Gasteiger charge is 2.28. The van der Waals surface area contributed by atoms with E-state index in [1.165, 1.54) is 14.2 Å². The average molecular weight is 321 g/mol. The Morgan fingerprint density at radius 1 is 1.09 bits per heavy atom. The van der Waals surface area contributed by atoms with E-state index >= 15 is 0 Å². The van der Waals surface area contributed by atoms with Gasteiger partial charge in [-0.05, 0) is 19.1 Å². The van der Waals surface area contributed by atoms with Gasteiger partial charge in [0.15, 0.2) is 11.5 Å². The van der Waals surface area contributed by atoms with Gasteiger partial charge in [0.2, 0.25) is 5.91 Å². The predicted octanol–water partition coefficient (Wildman–Crippen LogP) is 0.335. The first-order valence-electron chi connectivity index (χ1n) is 7.54. The summed E-state index contributed by atoms with van der Waals surface area (Å²) < 4.78 is 10.5. The molecule has 1 aromatic rings. The number of methoxy groups -OCH3 is 2. The number of rotatable bonds is 4. The minimum atomic E-state index is -0.518. The Morgan fingerprint density at radius 2 is 1.70 bits per heavy atom. The van der Waals surface area contributed by atoms with Crippen LogP contribution in [0.25, 0.3) is 0 Å². The van der Waals surface area contributed by atoms with Crippen LogP contribution in [0.15, 0.2) is 18.2 Å². The van der Waals surface area contributed by atoms with Crippen LogP contribution >= 0.6 is 0 Å². The minimum absolute atomic E-state index is 0.0870. The van der Waals surface area contributed by atoms with Crippen LogP contribution in [0.2, 0.25) is 0 Å². The van der Waals surface area contributed by atoms with Crippen LogP contribution < -0.4 is 15.2 Å². The molecule has 1 heterocycles. The summed E-state index contributed by atoms with van der Waals surface area (Å²) in [5.74, 6) is 0.725. The van der Waals surface area contributed by atoms with Gasteiger partial charge in [-0.1, -0.05) is 6.07 Å². The Bertz CT molecular complexity index is 581. The number of amides is 2. The van der Waals surface area contributed by atoms with Crippen molar-refractivity contribution in [2.45, 2.75) is 13.0 Å². The second-order valence-electron chi connectivity index (χ2n) is 5.45. The van der Waals surface area contributed by atoms with Crippen LogP contribution in [-0.2, 0) is 4.79 Å². The van der Waals surface area contributed by atoms with Crippen LogP contribution in [0.4, 0.5) is 0 Å². The molecule has 1 aliphatic rings. The molecule has 0 bridgehead atoms. The standard InChI is InChI=1S/C16H23N3O4/c1-11(17)15(20)18-7-9-19(10-8-18)16(21)12-5-4-6-13(22-2)14(12)23-3/h4-6,11H,7-10,17H2,1-3H3/t11-/m1/s1. The van der Waals surface area contributed by atoms with Gasteiger partial charge in [0.05, 0.1) is 25.8 Å². The fourth-order valence-corrected chi connectivity index (χ4v) is 2.64. The topological polar surface area (TPSA) is 85.1 Å². The zero-order chi connectivity index (χ0) is 17.0. The van der Waals surface area contributed by atoms with E-state index in [0.29, 0.717) is 43.2 Å². The largest absolute Gasteiger partial charge is 0.493 e. The highest BCUT2D eigenvalue weighted by Crippen LogP contribution is 2.31. The number of hydrogen-bond acceptors (Lipinski definition) is 5. The lowest BCUT2D eigenvalue weighted by molar-refractivity contribution is -0.133. The normalized spacial score (nSPS) is 16.0. The Hall–Kier alpha value is -2.28. The molecule has 7 heteroatoms. The summed E-state index contributed by atoms with van der Waals surface area (Å²) in [4.78, 5) is 28.0. The SMILES string of the molecule is COc1cccc(C(=O)N2CCN(C(=O)[C@@H](C)N)CC2)c1OC. The molecule has 1 aliphatic heterocycles. The molecule has 126 valence electrons. The average Bonchev–Trinajstić information content (AvgIpc) is 2.59. The van der Waals surface area contributed by atoms with Crippen LogP contribution in [-0.4, -0.2) is 68.1 Å². The lowest BCUT2D eigenvalue weighted by Gasteiger charge is -2.35. The molecule has 2 amide bonds. The molecular weight excluding hydrogens is 298 g/mol. The molecule has 1 saturated heterocycles. The van der Waals surface area contributed by atoms with Gasteiger partial charge < -0.3 is 25.0 Å². The van der Waals surface area contributed by atoms with Crippen LogP contribution in [0.3, 0.4) is 0 Å². The summed E-state index contributed by atoms with van der Waals surface area (Å²) >= 11 is 0. The molecule has 1 aromatic carbocycles. The van der Waals surface area contributed by atoms with E-state index in [1.807, 2.05) is 0 Å². The summed E-state index contributed by atoms with van der Waals surface area (Å²) in [7, 11) is 3.04. The summed E-state index contributed by atoms with van der Waals surface area (Å²) in [6.45, 7) is 3.58. The summed E-state index contributed by atoms with van der Waals surface area (Å²) in [5.41, 5.74) is 6.08. The van der Waals surface area contributed by atoms with E-state index in [0.717, 1.165) is 0 Å². The first-order valence-corrected chi connectivity index (χ1v) is 7.54. The second kappa shape index (κ2) is 7.32. The monoisotopic (exact) mass is 321 g/mol. The van der Waals surface area contributed by atoms with Crippen molar-refractivity contribution in [2.75, 3.05) is 40.4 Å². The Labute approximate surface area is 135 Å². The second-order valence-corrected chi connectivity index (χ2v) is 5.45. The summed E-state index contributed by atoms with van der Waals surface area (Å²) in [6.07, 6.45) is 0. The Balaban J connectivity index is 2.10. The zero-order valence-corrected chi connectivity index (χ0v) is 13.7. The van der Waals surface area contributed by atoms with E-state index in [4.69, 9.17) is 15.2 Å². The van der Waals surface area contributed by atoms with Crippen molar-refractivity contribution in [1.29, 1.82) is 0 Å². The van der Waals surface area contributed by atoms with Crippen molar-refractivity contribution in [1.82, 2.24) is 9.80 Å². The number of para-hydroxylation sites is 1. The number of benzene rings is 1. The number of nitrogens with zero attached hydrogens (tertiary/aromatic N) is 2. The van der Waals surface area contributed by atoms with E-state index in [9.17, 15) is 9.59 Å². The third-order valence-corrected chi connectivity index (χ3v) is 3.90. The highest BCUT2D eigenvalue weighted by atomic mass is 16.5. The van der Waals surface area contributed by atoms with E-state index in [-0.39, 0.29) is 11.8 Å². The highest BCUT2D eigenvalue weighted by molar-refractivity contribution is 5.98. The van der Waals surface area contributed by atoms with Gasteiger partial charge in [0, 0.05) is 26.2 Å². The molecule has 0 aliphatic carbocycles. The molecule has 0 unspecified atom stereocenters. The Kier molecular flexibility index (Phi) is 5.44. The molecule has 0 saturated carbocycles. The van der Waals surface area contributed by atoms with Crippen molar-refractivity contribution >= 4 is 11.8 Å². The number of carbonyl (C=O) groups excluding carboxylic acids is 2. The van der Waals surface area contributed by atoms with Crippen molar-refractivity contribution < 1.29 is 19.1 Å². The molecule has 23 heavy (non-hydrogen) atoms. The number of carbonyl (C=O) groups is 2. The van der Waals surface area contributed by atoms with Crippen molar-refractivity contribution in [3.63, 3.8) is 0 Å². The molecule has 2 N–H and O–H groups in total. The van der Waals surface area contributed by atoms with Crippen LogP contribution in [0.5, 0.6) is 11.5 Å². The molecular formula is C16H23N3O4. The maximum absolute atomic E-state index is 12.7. The van der Waals surface area contributed by atoms with Crippen LogP contribution in [0, 0.1) is 0 Å². The van der Waals surface area contributed by atoms with Crippen molar-refractivity contribution in [3.8, 4) is 11.5 Å². The number of nitrogens with two attached hydrogens (primary N) is 1. The quantitative estimate of drug-likeness (QED) is 0.864. The summed E-state index contributed by atoms with van der Waals surface area (Å²) in [6, 6.07) is 4.69. The molecule has 7 nitrogen and oxygen atoms in total. The lowest BCUT2D eigenvalue weighted by atomic mass is 10.1. The smallest absolute Gasteiger partial charge is 0.257 e. The summed E-state index contributed by atoms with van der Waals surface area (Å²) in [5, 5.41) is 0. The number of piperazine rings is 1. The van der Waals surface area contributed by atoms with Gasteiger partial charge in [-0.15, -0.1) is 0 Å². The van der Waals surface area contributed by atoms with Gasteiger partial charge >= 0.3 is 0 Å². The molecule has 1 fully saturated rings. The van der Waals surface area contributed by atoms with Gasteiger partial charge in [-0.3, -0.25) is 9.59 Å². The van der Waals surface area contributed by atoms with Crippen molar-refractivity contribution in [2.24, 2.45) is 5.73 Å². The maximum Gasteiger partial charge on any atom is 0.257 e.